The molecular formula is C23H21F3N4O3. The smallest absolute Gasteiger partial charge is 0.435 e. The van der Waals surface area contributed by atoms with Gasteiger partial charge in [0.25, 0.3) is 5.91 Å². The van der Waals surface area contributed by atoms with Crippen LogP contribution in [-0.4, -0.2) is 28.2 Å². The molecule has 3 aromatic rings. The number of carbonyl (C=O) groups is 2. The van der Waals surface area contributed by atoms with Gasteiger partial charge in [-0.05, 0) is 48.6 Å². The lowest BCUT2D eigenvalue weighted by Gasteiger charge is -2.13. The number of rotatable bonds is 7. The normalized spacial score (nSPS) is 13.5. The van der Waals surface area contributed by atoms with Gasteiger partial charge in [-0.1, -0.05) is 24.3 Å². The highest BCUT2D eigenvalue weighted by atomic mass is 19.4. The molecule has 0 unspecified atom stereocenters. The van der Waals surface area contributed by atoms with Crippen molar-refractivity contribution in [2.45, 2.75) is 31.9 Å². The fraction of sp³-hybridized carbons (Fsp3) is 0.261. The van der Waals surface area contributed by atoms with Crippen LogP contribution in [0.4, 0.5) is 24.5 Å². The quantitative estimate of drug-likeness (QED) is 0.535. The largest absolute Gasteiger partial charge is 0.467 e. The Bertz CT molecular complexity index is 1190. The summed E-state index contributed by atoms with van der Waals surface area (Å²) in [6, 6.07) is 14.3. The molecule has 2 aromatic carbocycles. The predicted molar refractivity (Wildman–Crippen MR) is 115 cm³/mol. The molecule has 1 saturated carbocycles. The van der Waals surface area contributed by atoms with Crippen LogP contribution in [0.2, 0.25) is 0 Å². The summed E-state index contributed by atoms with van der Waals surface area (Å²) in [5.41, 5.74) is 1.17. The van der Waals surface area contributed by atoms with Crippen molar-refractivity contribution in [2.75, 3.05) is 17.2 Å². The number of nitrogens with one attached hydrogen (secondary N) is 2. The van der Waals surface area contributed by atoms with Crippen LogP contribution in [0.5, 0.6) is 5.88 Å². The molecule has 1 aliphatic rings. The molecule has 172 valence electrons. The van der Waals surface area contributed by atoms with Gasteiger partial charge in [0, 0.05) is 24.4 Å². The van der Waals surface area contributed by atoms with Gasteiger partial charge in [-0.15, -0.1) is 0 Å². The van der Waals surface area contributed by atoms with E-state index < -0.39 is 24.4 Å². The summed E-state index contributed by atoms with van der Waals surface area (Å²) in [5.74, 6) is -0.752. The molecule has 4 rings (SSSR count). The first-order valence-corrected chi connectivity index (χ1v) is 10.3. The molecule has 33 heavy (non-hydrogen) atoms. The van der Waals surface area contributed by atoms with E-state index in [1.54, 1.807) is 36.4 Å². The maximum atomic E-state index is 13.3. The number of alkyl halides is 3. The van der Waals surface area contributed by atoms with E-state index in [-0.39, 0.29) is 17.7 Å². The van der Waals surface area contributed by atoms with Gasteiger partial charge in [-0.25, -0.2) is 4.68 Å². The number of benzene rings is 2. The number of hydrogen-bond donors (Lipinski definition) is 2. The molecule has 0 spiro atoms. The number of amides is 2. The highest BCUT2D eigenvalue weighted by Crippen LogP contribution is 2.43. The van der Waals surface area contributed by atoms with Gasteiger partial charge in [0.2, 0.25) is 11.8 Å². The zero-order chi connectivity index (χ0) is 23.6. The van der Waals surface area contributed by atoms with Gasteiger partial charge < -0.3 is 15.4 Å². The zero-order valence-corrected chi connectivity index (χ0v) is 17.6. The zero-order valence-electron chi connectivity index (χ0n) is 17.6. The fourth-order valence-corrected chi connectivity index (χ4v) is 3.41. The van der Waals surface area contributed by atoms with E-state index in [0.29, 0.717) is 17.1 Å². The maximum Gasteiger partial charge on any atom is 0.435 e. The van der Waals surface area contributed by atoms with E-state index in [1.807, 2.05) is 12.1 Å². The molecule has 0 radical (unpaired) electrons. The third-order valence-corrected chi connectivity index (χ3v) is 4.97. The maximum absolute atomic E-state index is 13.3. The Hall–Kier alpha value is -3.82. The van der Waals surface area contributed by atoms with E-state index in [0.717, 1.165) is 29.2 Å². The molecule has 1 heterocycles. The molecule has 1 fully saturated rings. The molecule has 1 aliphatic carbocycles. The van der Waals surface area contributed by atoms with E-state index in [4.69, 9.17) is 4.74 Å². The third kappa shape index (κ3) is 5.51. The first kappa shape index (κ1) is 22.4. The van der Waals surface area contributed by atoms with Crippen molar-refractivity contribution < 1.29 is 27.5 Å². The second kappa shape index (κ2) is 8.97. The topological polar surface area (TPSA) is 85.2 Å². The van der Waals surface area contributed by atoms with Crippen LogP contribution < -0.4 is 15.4 Å². The average molecular weight is 458 g/mol. The van der Waals surface area contributed by atoms with Crippen molar-refractivity contribution in [1.82, 2.24) is 9.78 Å². The SMILES string of the molecule is CC(=O)Nc1cccc(NC(=O)COc2cc(C(F)(F)F)nn2-c2ccccc2C2CC2)c1. The molecule has 10 heteroatoms. The Morgan fingerprint density at radius 2 is 1.76 bits per heavy atom. The predicted octanol–water partition coefficient (Wildman–Crippen LogP) is 4.74. The van der Waals surface area contributed by atoms with Crippen LogP contribution in [0.25, 0.3) is 5.69 Å². The molecule has 2 N–H and O–H groups in total. The van der Waals surface area contributed by atoms with Gasteiger partial charge in [0.1, 0.15) is 0 Å². The van der Waals surface area contributed by atoms with Gasteiger partial charge >= 0.3 is 6.18 Å². The Kier molecular flexibility index (Phi) is 6.08. The second-order valence-electron chi connectivity index (χ2n) is 7.71. The Labute approximate surface area is 187 Å². The number of hydrogen-bond acceptors (Lipinski definition) is 4. The van der Waals surface area contributed by atoms with E-state index in [1.165, 1.54) is 6.92 Å². The number of aromatic nitrogens is 2. The van der Waals surface area contributed by atoms with Gasteiger partial charge in [0.05, 0.1) is 5.69 Å². The van der Waals surface area contributed by atoms with Crippen LogP contribution in [-0.2, 0) is 15.8 Å². The van der Waals surface area contributed by atoms with Crippen LogP contribution in [0, 0.1) is 0 Å². The highest BCUT2D eigenvalue weighted by molar-refractivity contribution is 5.94. The number of halogens is 3. The van der Waals surface area contributed by atoms with Crippen molar-refractivity contribution >= 4 is 23.2 Å². The van der Waals surface area contributed by atoms with Crippen LogP contribution in [0.1, 0.15) is 36.9 Å². The molecule has 2 amide bonds. The number of ether oxygens (including phenoxy) is 1. The van der Waals surface area contributed by atoms with Crippen molar-refractivity contribution in [3.8, 4) is 11.6 Å². The van der Waals surface area contributed by atoms with E-state index >= 15 is 0 Å². The van der Waals surface area contributed by atoms with Gasteiger partial charge in [0.15, 0.2) is 12.3 Å². The Morgan fingerprint density at radius 1 is 1.06 bits per heavy atom. The van der Waals surface area contributed by atoms with Gasteiger partial charge in [-0.2, -0.15) is 18.3 Å². The minimum Gasteiger partial charge on any atom is -0.467 e. The number of anilines is 2. The minimum absolute atomic E-state index is 0.183. The average Bonchev–Trinajstić information content (AvgIpc) is 3.50. The lowest BCUT2D eigenvalue weighted by Crippen LogP contribution is -2.21. The van der Waals surface area contributed by atoms with Crippen molar-refractivity contribution in [3.63, 3.8) is 0 Å². The van der Waals surface area contributed by atoms with Crippen molar-refractivity contribution in [2.24, 2.45) is 0 Å². The molecule has 7 nitrogen and oxygen atoms in total. The minimum atomic E-state index is -4.66. The molecule has 0 atom stereocenters. The van der Waals surface area contributed by atoms with E-state index in [9.17, 15) is 22.8 Å². The number of para-hydroxylation sites is 1. The molecule has 0 aliphatic heterocycles. The second-order valence-corrected chi connectivity index (χ2v) is 7.71. The summed E-state index contributed by atoms with van der Waals surface area (Å²) >= 11 is 0. The van der Waals surface area contributed by atoms with Crippen LogP contribution in [0.3, 0.4) is 0 Å². The lowest BCUT2D eigenvalue weighted by atomic mass is 10.1. The number of nitrogens with zero attached hydrogens (tertiary/aromatic N) is 2. The molecular weight excluding hydrogens is 437 g/mol. The van der Waals surface area contributed by atoms with E-state index in [2.05, 4.69) is 15.7 Å². The van der Waals surface area contributed by atoms with Crippen molar-refractivity contribution in [3.05, 3.63) is 65.9 Å². The summed E-state index contributed by atoms with van der Waals surface area (Å²) in [6.07, 6.45) is -2.74. The molecule has 0 bridgehead atoms. The summed E-state index contributed by atoms with van der Waals surface area (Å²) < 4.78 is 46.6. The third-order valence-electron chi connectivity index (χ3n) is 4.97. The molecule has 0 saturated heterocycles. The molecule has 1 aromatic heterocycles. The Balaban J connectivity index is 1.53. The summed E-state index contributed by atoms with van der Waals surface area (Å²) in [4.78, 5) is 23.6. The van der Waals surface area contributed by atoms with Crippen LogP contribution in [0.15, 0.2) is 54.6 Å². The standard InChI is InChI=1S/C23H21F3N4O3/c1-14(31)27-16-5-4-6-17(11-16)28-21(32)13-33-22-12-20(23(24,25)26)29-30(22)19-8-3-2-7-18(19)15-9-10-15/h2-8,11-12,15H,9-10,13H2,1H3,(H,27,31)(H,28,32). The first-order valence-electron chi connectivity index (χ1n) is 10.3. The van der Waals surface area contributed by atoms with Gasteiger partial charge in [-0.3, -0.25) is 9.59 Å². The van der Waals surface area contributed by atoms with Crippen molar-refractivity contribution in [1.29, 1.82) is 0 Å². The summed E-state index contributed by atoms with van der Waals surface area (Å²) in [7, 11) is 0. The first-order chi connectivity index (χ1) is 15.7. The summed E-state index contributed by atoms with van der Waals surface area (Å²) in [6.45, 7) is 0.831. The number of carbonyl (C=O) groups excluding carboxylic acids is 2. The lowest BCUT2D eigenvalue weighted by molar-refractivity contribution is -0.141. The fourth-order valence-electron chi connectivity index (χ4n) is 3.41. The summed E-state index contributed by atoms with van der Waals surface area (Å²) in [5, 5.41) is 8.91. The Morgan fingerprint density at radius 3 is 2.42 bits per heavy atom. The monoisotopic (exact) mass is 458 g/mol. The highest BCUT2D eigenvalue weighted by Gasteiger charge is 2.36. The van der Waals surface area contributed by atoms with Crippen LogP contribution >= 0.6 is 0 Å².